The van der Waals surface area contributed by atoms with Crippen LogP contribution in [0.2, 0.25) is 0 Å². The van der Waals surface area contributed by atoms with E-state index in [9.17, 15) is 9.59 Å². The molecule has 0 spiro atoms. The van der Waals surface area contributed by atoms with Gasteiger partial charge in [0.1, 0.15) is 6.33 Å². The minimum Gasteiger partial charge on any atom is -0.368 e. The van der Waals surface area contributed by atoms with Gasteiger partial charge in [-0.05, 0) is 6.08 Å². The minimum absolute atomic E-state index is 0.876. The zero-order valence-corrected chi connectivity index (χ0v) is 6.10. The Hall–Kier alpha value is -1.69. The summed E-state index contributed by atoms with van der Waals surface area (Å²) in [5.74, 6) is 0. The van der Waals surface area contributed by atoms with Crippen molar-refractivity contribution < 1.29 is 5.11 Å². The Morgan fingerprint density at radius 2 is 2.42 bits per heavy atom. The van der Waals surface area contributed by atoms with Crippen molar-refractivity contribution in [3.8, 4) is 0 Å². The molecule has 0 bridgehead atoms. The van der Waals surface area contributed by atoms with Crippen LogP contribution in [0.5, 0.6) is 0 Å². The summed E-state index contributed by atoms with van der Waals surface area (Å²) in [4.78, 5) is 24.4. The van der Waals surface area contributed by atoms with Gasteiger partial charge in [-0.2, -0.15) is 4.98 Å². The van der Waals surface area contributed by atoms with Gasteiger partial charge < -0.3 is 5.11 Å². The molecule has 0 fully saturated rings. The fraction of sp³-hybridized carbons (Fsp3) is 0.167. The first-order valence-corrected chi connectivity index (χ1v) is 3.13. The van der Waals surface area contributed by atoms with Crippen molar-refractivity contribution in [2.24, 2.45) is 0 Å². The van der Waals surface area contributed by atoms with Crippen LogP contribution in [0.4, 0.5) is 0 Å². The highest BCUT2D eigenvalue weighted by Gasteiger charge is 2.00. The number of nitrogens with one attached hydrogen (secondary N) is 1. The molecule has 0 aliphatic carbocycles. The summed E-state index contributed by atoms with van der Waals surface area (Å²) < 4.78 is 0.969. The second kappa shape index (κ2) is 3.14. The van der Waals surface area contributed by atoms with Gasteiger partial charge in [0.05, 0.1) is 0 Å². The van der Waals surface area contributed by atoms with E-state index in [4.69, 9.17) is 5.11 Å². The summed E-state index contributed by atoms with van der Waals surface area (Å²) in [7, 11) is 0. The van der Waals surface area contributed by atoms with Crippen LogP contribution in [0.15, 0.2) is 28.6 Å². The normalized spacial score (nSPS) is 12.4. The molecule has 1 heterocycles. The van der Waals surface area contributed by atoms with Crippen LogP contribution in [0, 0.1) is 0 Å². The largest absolute Gasteiger partial charge is 0.368 e. The lowest BCUT2D eigenvalue weighted by molar-refractivity contribution is 0.135. The van der Waals surface area contributed by atoms with Crippen LogP contribution in [0.25, 0.3) is 0 Å². The van der Waals surface area contributed by atoms with Crippen LogP contribution in [0.1, 0.15) is 6.23 Å². The molecule has 1 aromatic rings. The average molecular weight is 169 g/mol. The topological polar surface area (TPSA) is 88.0 Å². The fourth-order valence-corrected chi connectivity index (χ4v) is 0.615. The maximum atomic E-state index is 10.7. The zero-order chi connectivity index (χ0) is 9.14. The Morgan fingerprint density at radius 3 is 2.92 bits per heavy atom. The van der Waals surface area contributed by atoms with Gasteiger partial charge in [0, 0.05) is 0 Å². The lowest BCUT2D eigenvalue weighted by Crippen LogP contribution is -2.34. The number of aliphatic hydroxyl groups is 1. The molecule has 0 saturated carbocycles. The van der Waals surface area contributed by atoms with E-state index in [0.29, 0.717) is 0 Å². The molecule has 0 amide bonds. The van der Waals surface area contributed by atoms with E-state index in [1.54, 1.807) is 0 Å². The van der Waals surface area contributed by atoms with Gasteiger partial charge in [-0.25, -0.2) is 4.68 Å². The molecule has 1 rings (SSSR count). The number of nitrogens with zero attached hydrogens (tertiary/aromatic N) is 2. The van der Waals surface area contributed by atoms with Crippen molar-refractivity contribution in [1.29, 1.82) is 0 Å². The minimum atomic E-state index is -1.08. The molecule has 1 atom stereocenters. The molecule has 6 heteroatoms. The molecule has 0 saturated heterocycles. The van der Waals surface area contributed by atoms with Crippen LogP contribution >= 0.6 is 0 Å². The predicted molar refractivity (Wildman–Crippen MR) is 40.6 cm³/mol. The first-order valence-electron chi connectivity index (χ1n) is 3.13. The van der Waals surface area contributed by atoms with Gasteiger partial charge >= 0.3 is 11.1 Å². The van der Waals surface area contributed by atoms with Gasteiger partial charge in [0.25, 0.3) is 0 Å². The number of H-pyrrole nitrogens is 1. The summed E-state index contributed by atoms with van der Waals surface area (Å²) in [6, 6.07) is 0. The zero-order valence-electron chi connectivity index (χ0n) is 6.10. The molecule has 2 N–H and O–H groups in total. The quantitative estimate of drug-likeness (QED) is 0.421. The summed E-state index contributed by atoms with van der Waals surface area (Å²) in [5, 5.41) is 11.2. The van der Waals surface area contributed by atoms with Crippen LogP contribution in [-0.4, -0.2) is 19.9 Å². The van der Waals surface area contributed by atoms with E-state index >= 15 is 0 Å². The molecule has 0 aliphatic rings. The second-order valence-electron chi connectivity index (χ2n) is 2.05. The number of hydrogen-bond donors (Lipinski definition) is 2. The third-order valence-electron chi connectivity index (χ3n) is 1.22. The molecule has 1 unspecified atom stereocenters. The van der Waals surface area contributed by atoms with E-state index in [1.165, 1.54) is 6.08 Å². The Bertz CT molecular complexity index is 392. The summed E-state index contributed by atoms with van der Waals surface area (Å²) in [5.41, 5.74) is -1.76. The lowest BCUT2D eigenvalue weighted by atomic mass is 10.5. The molecule has 0 aliphatic heterocycles. The highest BCUT2D eigenvalue weighted by molar-refractivity contribution is 4.78. The number of aliphatic hydroxyl groups excluding tert-OH is 1. The van der Waals surface area contributed by atoms with Crippen molar-refractivity contribution in [3.05, 3.63) is 39.7 Å². The second-order valence-corrected chi connectivity index (χ2v) is 2.05. The molecule has 0 radical (unpaired) electrons. The Balaban J connectivity index is 3.22. The average Bonchev–Trinajstić information content (AvgIpc) is 2.08. The highest BCUT2D eigenvalue weighted by atomic mass is 16.3. The third kappa shape index (κ3) is 1.48. The van der Waals surface area contributed by atoms with Crippen LogP contribution in [0.3, 0.4) is 0 Å². The Labute approximate surface area is 66.8 Å². The van der Waals surface area contributed by atoms with E-state index < -0.39 is 17.3 Å². The molecular formula is C6H7N3O3. The highest BCUT2D eigenvalue weighted by Crippen LogP contribution is 1.94. The van der Waals surface area contributed by atoms with Crippen molar-refractivity contribution >= 4 is 0 Å². The van der Waals surface area contributed by atoms with Gasteiger partial charge in [-0.1, -0.05) is 6.58 Å². The molecule has 64 valence electrons. The van der Waals surface area contributed by atoms with Gasteiger partial charge in [-0.3, -0.25) is 14.7 Å². The van der Waals surface area contributed by atoms with Crippen molar-refractivity contribution in [2.45, 2.75) is 6.23 Å². The SMILES string of the molecule is C=CC(O)n1cnc(=O)c(=O)[nH]1. The van der Waals surface area contributed by atoms with Crippen molar-refractivity contribution in [3.63, 3.8) is 0 Å². The number of aromatic amines is 1. The van der Waals surface area contributed by atoms with Crippen LogP contribution < -0.4 is 11.1 Å². The van der Waals surface area contributed by atoms with Crippen molar-refractivity contribution in [2.75, 3.05) is 0 Å². The predicted octanol–water partition coefficient (Wildman–Crippen LogP) is -1.39. The van der Waals surface area contributed by atoms with E-state index in [2.05, 4.69) is 16.7 Å². The maximum Gasteiger partial charge on any atom is 0.338 e. The fourth-order valence-electron chi connectivity index (χ4n) is 0.615. The maximum absolute atomic E-state index is 10.7. The summed E-state index contributed by atoms with van der Waals surface area (Å²) >= 11 is 0. The van der Waals surface area contributed by atoms with Gasteiger partial charge in [-0.15, -0.1) is 0 Å². The van der Waals surface area contributed by atoms with Crippen LogP contribution in [-0.2, 0) is 0 Å². The molecule has 12 heavy (non-hydrogen) atoms. The Morgan fingerprint density at radius 1 is 1.75 bits per heavy atom. The third-order valence-corrected chi connectivity index (χ3v) is 1.22. The van der Waals surface area contributed by atoms with Gasteiger partial charge in [0.2, 0.25) is 0 Å². The monoisotopic (exact) mass is 169 g/mol. The first-order chi connectivity index (χ1) is 5.65. The standard InChI is InChI=1S/C6H7N3O3/c1-2-4(10)9-3-7-5(11)6(12)8-9/h2-4,10H,1H2,(H,8,12). The van der Waals surface area contributed by atoms with Gasteiger partial charge in [0.15, 0.2) is 6.23 Å². The molecule has 6 nitrogen and oxygen atoms in total. The van der Waals surface area contributed by atoms with Crippen molar-refractivity contribution in [1.82, 2.24) is 14.8 Å². The molecular weight excluding hydrogens is 162 g/mol. The lowest BCUT2D eigenvalue weighted by Gasteiger charge is -2.06. The Kier molecular flexibility index (Phi) is 2.20. The number of rotatable bonds is 2. The van der Waals surface area contributed by atoms with E-state index in [1.807, 2.05) is 0 Å². The summed E-state index contributed by atoms with van der Waals surface area (Å²) in [6.07, 6.45) is 1.13. The number of hydrogen-bond acceptors (Lipinski definition) is 4. The van der Waals surface area contributed by atoms with E-state index in [0.717, 1.165) is 11.0 Å². The smallest absolute Gasteiger partial charge is 0.338 e. The van der Waals surface area contributed by atoms with E-state index in [-0.39, 0.29) is 0 Å². The first kappa shape index (κ1) is 8.41. The summed E-state index contributed by atoms with van der Waals surface area (Å²) in [6.45, 7) is 3.29. The number of aromatic nitrogens is 3. The molecule has 0 aromatic carbocycles. The molecule has 1 aromatic heterocycles.